The lowest BCUT2D eigenvalue weighted by Crippen LogP contribution is -2.26. The molecule has 2 aromatic heterocycles. The molecular formula is C21H21N5O2. The Balaban J connectivity index is 1.62. The van der Waals surface area contributed by atoms with Gasteiger partial charge in [0.25, 0.3) is 5.89 Å². The first-order valence-electron chi connectivity index (χ1n) is 9.25. The minimum absolute atomic E-state index is 0.0655. The molecule has 0 fully saturated rings. The molecule has 0 aliphatic carbocycles. The highest BCUT2D eigenvalue weighted by Crippen LogP contribution is 2.28. The highest BCUT2D eigenvalue weighted by Gasteiger charge is 2.17. The molecule has 1 aliphatic rings. The maximum Gasteiger partial charge on any atom is 0.259 e. The lowest BCUT2D eigenvalue weighted by atomic mass is 9.97. The topological polar surface area (TPSA) is 88.1 Å². The number of fused-ring (bicyclic) bond motifs is 1. The van der Waals surface area contributed by atoms with Crippen LogP contribution in [0.3, 0.4) is 0 Å². The molecule has 0 amide bonds. The van der Waals surface area contributed by atoms with Crippen LogP contribution >= 0.6 is 0 Å². The number of pyridine rings is 1. The Morgan fingerprint density at radius 3 is 2.86 bits per heavy atom. The van der Waals surface area contributed by atoms with Gasteiger partial charge < -0.3 is 14.2 Å². The molecule has 0 saturated carbocycles. The van der Waals surface area contributed by atoms with Gasteiger partial charge in [-0.2, -0.15) is 10.2 Å². The Labute approximate surface area is 163 Å². The van der Waals surface area contributed by atoms with Crippen LogP contribution in [0.4, 0.5) is 0 Å². The molecule has 1 aromatic carbocycles. The molecule has 0 unspecified atom stereocenters. The van der Waals surface area contributed by atoms with Gasteiger partial charge in [-0.05, 0) is 50.6 Å². The van der Waals surface area contributed by atoms with E-state index in [9.17, 15) is 5.26 Å². The van der Waals surface area contributed by atoms with E-state index in [0.29, 0.717) is 28.7 Å². The first-order valence-corrected chi connectivity index (χ1v) is 9.25. The van der Waals surface area contributed by atoms with Crippen LogP contribution in [0.5, 0.6) is 5.88 Å². The van der Waals surface area contributed by atoms with Gasteiger partial charge in [0.2, 0.25) is 11.7 Å². The molecule has 0 radical (unpaired) electrons. The summed E-state index contributed by atoms with van der Waals surface area (Å²) < 4.78 is 11.0. The SMILES string of the molecule is CC(C)Oc1ncc(-c2nc(-c3ccc4c(c3)CCN(C)C4)no2)cc1C#N. The van der Waals surface area contributed by atoms with E-state index in [2.05, 4.69) is 45.3 Å². The fourth-order valence-electron chi connectivity index (χ4n) is 3.26. The molecular weight excluding hydrogens is 354 g/mol. The minimum Gasteiger partial charge on any atom is -0.474 e. The summed E-state index contributed by atoms with van der Waals surface area (Å²) in [4.78, 5) is 11.0. The Kier molecular flexibility index (Phi) is 4.80. The molecule has 0 atom stereocenters. The summed E-state index contributed by atoms with van der Waals surface area (Å²) in [5.74, 6) is 1.16. The fourth-order valence-corrected chi connectivity index (χ4v) is 3.26. The summed E-state index contributed by atoms with van der Waals surface area (Å²) in [5.41, 5.74) is 4.51. The summed E-state index contributed by atoms with van der Waals surface area (Å²) in [7, 11) is 2.13. The molecule has 28 heavy (non-hydrogen) atoms. The second kappa shape index (κ2) is 7.41. The van der Waals surface area contributed by atoms with Gasteiger partial charge in [0.15, 0.2) is 0 Å². The van der Waals surface area contributed by atoms with Crippen LogP contribution in [-0.2, 0) is 13.0 Å². The lowest BCUT2D eigenvalue weighted by molar-refractivity contribution is 0.232. The Hall–Kier alpha value is -3.24. The van der Waals surface area contributed by atoms with E-state index in [1.54, 1.807) is 12.3 Å². The summed E-state index contributed by atoms with van der Waals surface area (Å²) in [6, 6.07) is 10.0. The second-order valence-electron chi connectivity index (χ2n) is 7.25. The highest BCUT2D eigenvalue weighted by molar-refractivity contribution is 5.62. The van der Waals surface area contributed by atoms with Crippen molar-refractivity contribution in [2.75, 3.05) is 13.6 Å². The first-order chi connectivity index (χ1) is 13.5. The third kappa shape index (κ3) is 3.59. The molecule has 4 rings (SSSR count). The van der Waals surface area contributed by atoms with Crippen molar-refractivity contribution in [3.05, 3.63) is 47.2 Å². The van der Waals surface area contributed by atoms with Crippen molar-refractivity contribution in [2.24, 2.45) is 0 Å². The van der Waals surface area contributed by atoms with Crippen molar-refractivity contribution in [3.8, 4) is 34.8 Å². The van der Waals surface area contributed by atoms with Crippen LogP contribution in [0.15, 0.2) is 35.0 Å². The predicted molar refractivity (Wildman–Crippen MR) is 103 cm³/mol. The summed E-state index contributed by atoms with van der Waals surface area (Å²) >= 11 is 0. The van der Waals surface area contributed by atoms with Gasteiger partial charge in [-0.1, -0.05) is 17.3 Å². The van der Waals surface area contributed by atoms with Gasteiger partial charge in [-0.3, -0.25) is 0 Å². The van der Waals surface area contributed by atoms with Gasteiger partial charge in [-0.25, -0.2) is 4.98 Å². The summed E-state index contributed by atoms with van der Waals surface area (Å²) in [5, 5.41) is 13.5. The van der Waals surface area contributed by atoms with Gasteiger partial charge in [0.1, 0.15) is 11.6 Å². The summed E-state index contributed by atoms with van der Waals surface area (Å²) in [6.45, 7) is 5.77. The zero-order valence-electron chi connectivity index (χ0n) is 16.1. The van der Waals surface area contributed by atoms with E-state index in [1.807, 2.05) is 19.9 Å². The fraction of sp³-hybridized carbons (Fsp3) is 0.333. The quantitative estimate of drug-likeness (QED) is 0.690. The third-order valence-corrected chi connectivity index (χ3v) is 4.66. The first kappa shape index (κ1) is 18.1. The van der Waals surface area contributed by atoms with Gasteiger partial charge >= 0.3 is 0 Å². The lowest BCUT2D eigenvalue weighted by Gasteiger charge is -2.25. The van der Waals surface area contributed by atoms with E-state index in [1.165, 1.54) is 11.1 Å². The van der Waals surface area contributed by atoms with E-state index >= 15 is 0 Å². The van der Waals surface area contributed by atoms with E-state index in [4.69, 9.17) is 9.26 Å². The number of aromatic nitrogens is 3. The van der Waals surface area contributed by atoms with Crippen molar-refractivity contribution in [2.45, 2.75) is 32.9 Å². The van der Waals surface area contributed by atoms with Gasteiger partial charge in [0.05, 0.1) is 11.7 Å². The van der Waals surface area contributed by atoms with Crippen molar-refractivity contribution < 1.29 is 9.26 Å². The third-order valence-electron chi connectivity index (χ3n) is 4.66. The van der Waals surface area contributed by atoms with Gasteiger partial charge in [0, 0.05) is 24.8 Å². The van der Waals surface area contributed by atoms with Crippen LogP contribution in [0.25, 0.3) is 22.8 Å². The average molecular weight is 375 g/mol. The zero-order valence-corrected chi connectivity index (χ0v) is 16.1. The Bertz CT molecular complexity index is 1050. The number of hydrogen-bond donors (Lipinski definition) is 0. The monoisotopic (exact) mass is 375 g/mol. The van der Waals surface area contributed by atoms with Crippen molar-refractivity contribution in [3.63, 3.8) is 0 Å². The van der Waals surface area contributed by atoms with Crippen molar-refractivity contribution in [1.29, 1.82) is 5.26 Å². The number of rotatable bonds is 4. The van der Waals surface area contributed by atoms with Crippen molar-refractivity contribution in [1.82, 2.24) is 20.0 Å². The molecule has 7 nitrogen and oxygen atoms in total. The normalized spacial score (nSPS) is 14.0. The van der Waals surface area contributed by atoms with E-state index in [0.717, 1.165) is 25.1 Å². The summed E-state index contributed by atoms with van der Waals surface area (Å²) in [6.07, 6.45) is 2.53. The van der Waals surface area contributed by atoms with Crippen LogP contribution < -0.4 is 4.74 Å². The molecule has 0 spiro atoms. The molecule has 1 aliphatic heterocycles. The Morgan fingerprint density at radius 1 is 1.21 bits per heavy atom. The number of likely N-dealkylation sites (N-methyl/N-ethyl adjacent to an activating group) is 1. The Morgan fingerprint density at radius 2 is 2.07 bits per heavy atom. The number of hydrogen-bond acceptors (Lipinski definition) is 7. The van der Waals surface area contributed by atoms with E-state index in [-0.39, 0.29) is 6.10 Å². The largest absolute Gasteiger partial charge is 0.474 e. The molecule has 0 bridgehead atoms. The maximum absolute atomic E-state index is 9.38. The zero-order chi connectivity index (χ0) is 19.7. The number of nitriles is 1. The van der Waals surface area contributed by atoms with Crippen LogP contribution in [-0.4, -0.2) is 39.7 Å². The standard InChI is InChI=1S/C21H21N5O2/c1-13(2)27-20-17(10-22)9-18(11-23-20)21-24-19(25-28-21)15-4-5-16-12-26(3)7-6-14(16)8-15/h4-5,8-9,11,13H,6-7,12H2,1-3H3. The molecule has 0 saturated heterocycles. The molecule has 0 N–H and O–H groups in total. The number of benzene rings is 1. The van der Waals surface area contributed by atoms with Crippen LogP contribution in [0.1, 0.15) is 30.5 Å². The molecule has 142 valence electrons. The minimum atomic E-state index is -0.0655. The second-order valence-corrected chi connectivity index (χ2v) is 7.25. The van der Waals surface area contributed by atoms with Crippen LogP contribution in [0, 0.1) is 11.3 Å². The predicted octanol–water partition coefficient (Wildman–Crippen LogP) is 3.45. The maximum atomic E-state index is 9.38. The van der Waals surface area contributed by atoms with Crippen LogP contribution in [0.2, 0.25) is 0 Å². The van der Waals surface area contributed by atoms with E-state index < -0.39 is 0 Å². The molecule has 3 aromatic rings. The van der Waals surface area contributed by atoms with Crippen molar-refractivity contribution >= 4 is 0 Å². The number of nitrogens with zero attached hydrogens (tertiary/aromatic N) is 5. The molecule has 7 heteroatoms. The highest BCUT2D eigenvalue weighted by atomic mass is 16.5. The average Bonchev–Trinajstić information content (AvgIpc) is 3.17. The van der Waals surface area contributed by atoms with Gasteiger partial charge in [-0.15, -0.1) is 0 Å². The molecule has 3 heterocycles. The smallest absolute Gasteiger partial charge is 0.259 e. The number of ether oxygens (including phenoxy) is 1.